The number of hydrogen-bond acceptors (Lipinski definition) is 6. The van der Waals surface area contributed by atoms with Gasteiger partial charge in [0.05, 0.1) is 0 Å². The minimum atomic E-state index is -0.799. The Labute approximate surface area is 103 Å². The standard InChI is InChI=1S/C7H16N8O3/c8-5(4-12-13-7(10)16)2-1-3-11-6(9)14-15(17)18/h4-5H,1-3,8H2,(H3,9,11,14)(H3,10,13,16)/b12-4+/t5-/m0/s1. The average molecular weight is 260 g/mol. The van der Waals surface area contributed by atoms with E-state index in [1.165, 1.54) is 6.21 Å². The van der Waals surface area contributed by atoms with Gasteiger partial charge in [-0.05, 0) is 12.8 Å². The zero-order valence-electron chi connectivity index (χ0n) is 9.57. The van der Waals surface area contributed by atoms with Gasteiger partial charge in [-0.25, -0.2) is 25.3 Å². The molecule has 0 aliphatic heterocycles. The van der Waals surface area contributed by atoms with Gasteiger partial charge in [0.15, 0.2) is 5.03 Å². The molecule has 0 aliphatic rings. The third-order valence-corrected chi connectivity index (χ3v) is 1.62. The topological polar surface area (TPSA) is 187 Å². The summed E-state index contributed by atoms with van der Waals surface area (Å²) in [5.74, 6) is -0.266. The number of hydrogen-bond donors (Lipinski definition) is 5. The van der Waals surface area contributed by atoms with E-state index >= 15 is 0 Å². The Morgan fingerprint density at radius 2 is 2.17 bits per heavy atom. The van der Waals surface area contributed by atoms with Crippen LogP contribution in [0.2, 0.25) is 0 Å². The van der Waals surface area contributed by atoms with Crippen molar-refractivity contribution in [2.45, 2.75) is 18.9 Å². The molecule has 2 amide bonds. The molecule has 8 N–H and O–H groups in total. The Balaban J connectivity index is 3.74. The number of rotatable bonds is 7. The number of hydrazone groups is 1. The quantitative estimate of drug-likeness (QED) is 0.114. The summed E-state index contributed by atoms with van der Waals surface area (Å²) in [5.41, 5.74) is 19.3. The first-order valence-electron chi connectivity index (χ1n) is 4.97. The molecule has 11 heteroatoms. The van der Waals surface area contributed by atoms with Crippen LogP contribution in [0.25, 0.3) is 0 Å². The Hall–Kier alpha value is -2.43. The molecule has 0 heterocycles. The van der Waals surface area contributed by atoms with E-state index in [0.717, 1.165) is 0 Å². The van der Waals surface area contributed by atoms with Crippen molar-refractivity contribution in [3.05, 3.63) is 10.1 Å². The molecule has 0 saturated heterocycles. The molecular weight excluding hydrogens is 244 g/mol. The second kappa shape index (κ2) is 8.69. The first-order valence-corrected chi connectivity index (χ1v) is 4.97. The molecule has 0 bridgehead atoms. The molecule has 0 unspecified atom stereocenters. The van der Waals surface area contributed by atoms with Crippen LogP contribution in [-0.2, 0) is 0 Å². The fourth-order valence-electron chi connectivity index (χ4n) is 0.927. The largest absolute Gasteiger partial charge is 0.365 e. The average Bonchev–Trinajstić information content (AvgIpc) is 2.23. The number of carbonyl (C=O) groups is 1. The number of nitrogens with one attached hydrogen (secondary N) is 2. The highest BCUT2D eigenvalue weighted by Gasteiger charge is 2.00. The van der Waals surface area contributed by atoms with Crippen molar-refractivity contribution in [1.29, 1.82) is 0 Å². The summed E-state index contributed by atoms with van der Waals surface area (Å²) in [6.07, 6.45) is 2.41. The lowest BCUT2D eigenvalue weighted by atomic mass is 10.2. The van der Waals surface area contributed by atoms with Crippen molar-refractivity contribution in [3.8, 4) is 0 Å². The molecule has 0 spiro atoms. The number of hydrazine groups is 1. The van der Waals surface area contributed by atoms with E-state index in [1.807, 2.05) is 5.43 Å². The zero-order chi connectivity index (χ0) is 14.0. The van der Waals surface area contributed by atoms with E-state index in [0.29, 0.717) is 12.8 Å². The molecule has 11 nitrogen and oxygen atoms in total. The maximum Gasteiger partial charge on any atom is 0.332 e. The van der Waals surface area contributed by atoms with Crippen LogP contribution < -0.4 is 28.1 Å². The molecule has 0 saturated carbocycles. The summed E-state index contributed by atoms with van der Waals surface area (Å²) in [4.78, 5) is 23.9. The van der Waals surface area contributed by atoms with Crippen LogP contribution in [-0.4, -0.2) is 35.8 Å². The van der Waals surface area contributed by atoms with Crippen LogP contribution in [0.3, 0.4) is 0 Å². The Bertz CT molecular complexity index is 342. The lowest BCUT2D eigenvalue weighted by molar-refractivity contribution is -0.525. The maximum atomic E-state index is 10.3. The van der Waals surface area contributed by atoms with E-state index in [4.69, 9.17) is 17.2 Å². The van der Waals surface area contributed by atoms with Crippen LogP contribution in [0.1, 0.15) is 12.8 Å². The Kier molecular flexibility index (Phi) is 7.52. The minimum absolute atomic E-state index is 0.266. The third-order valence-electron chi connectivity index (χ3n) is 1.62. The predicted molar refractivity (Wildman–Crippen MR) is 65.0 cm³/mol. The van der Waals surface area contributed by atoms with Gasteiger partial charge in [0.2, 0.25) is 0 Å². The van der Waals surface area contributed by atoms with Crippen LogP contribution in [0.15, 0.2) is 10.1 Å². The third kappa shape index (κ3) is 10.1. The molecule has 1 atom stereocenters. The number of aliphatic imine (C=N–C) groups is 1. The fourth-order valence-corrected chi connectivity index (χ4v) is 0.927. The van der Waals surface area contributed by atoms with Crippen molar-refractivity contribution < 1.29 is 9.83 Å². The minimum Gasteiger partial charge on any atom is -0.365 e. The fraction of sp³-hybridized carbons (Fsp3) is 0.571. The first kappa shape index (κ1) is 15.6. The Morgan fingerprint density at radius 3 is 2.72 bits per heavy atom. The van der Waals surface area contributed by atoms with Crippen LogP contribution >= 0.6 is 0 Å². The van der Waals surface area contributed by atoms with Gasteiger partial charge in [-0.2, -0.15) is 5.10 Å². The zero-order valence-corrected chi connectivity index (χ0v) is 9.57. The van der Waals surface area contributed by atoms with Crippen LogP contribution in [0.4, 0.5) is 4.79 Å². The number of nitrogens with zero attached hydrogens (tertiary/aromatic N) is 3. The smallest absolute Gasteiger partial charge is 0.332 e. The molecule has 0 rings (SSSR count). The normalized spacial score (nSPS) is 13.3. The van der Waals surface area contributed by atoms with E-state index in [1.54, 1.807) is 5.43 Å². The van der Waals surface area contributed by atoms with Gasteiger partial charge in [0, 0.05) is 18.8 Å². The SMILES string of the molecule is NC(=O)N/N=C/[C@@H](N)CCCN=C(N)N[N+](=O)[O-]. The van der Waals surface area contributed by atoms with Gasteiger partial charge in [-0.15, -0.1) is 0 Å². The Morgan fingerprint density at radius 1 is 1.50 bits per heavy atom. The van der Waals surface area contributed by atoms with Crippen molar-refractivity contribution in [2.75, 3.05) is 6.54 Å². The summed E-state index contributed by atoms with van der Waals surface area (Å²) >= 11 is 0. The van der Waals surface area contributed by atoms with Crippen molar-refractivity contribution in [1.82, 2.24) is 10.9 Å². The van der Waals surface area contributed by atoms with Gasteiger partial charge in [0.25, 0.3) is 5.96 Å². The van der Waals surface area contributed by atoms with Gasteiger partial charge < -0.3 is 17.2 Å². The molecular formula is C7H16N8O3. The number of nitro groups is 1. The van der Waals surface area contributed by atoms with Crippen LogP contribution in [0.5, 0.6) is 0 Å². The molecule has 18 heavy (non-hydrogen) atoms. The summed E-state index contributed by atoms with van der Waals surface area (Å²) in [6, 6.07) is -1.15. The van der Waals surface area contributed by atoms with E-state index in [9.17, 15) is 14.9 Å². The van der Waals surface area contributed by atoms with Crippen molar-refractivity contribution in [3.63, 3.8) is 0 Å². The maximum absolute atomic E-state index is 10.3. The van der Waals surface area contributed by atoms with Crippen molar-refractivity contribution >= 4 is 18.2 Å². The van der Waals surface area contributed by atoms with Crippen molar-refractivity contribution in [2.24, 2.45) is 27.3 Å². The monoisotopic (exact) mass is 260 g/mol. The lowest BCUT2D eigenvalue weighted by Gasteiger charge is -2.03. The molecule has 0 aromatic heterocycles. The molecule has 0 radical (unpaired) electrons. The molecule has 0 aromatic carbocycles. The van der Waals surface area contributed by atoms with Gasteiger partial charge in [0.1, 0.15) is 0 Å². The van der Waals surface area contributed by atoms with Gasteiger partial charge in [-0.1, -0.05) is 5.43 Å². The highest BCUT2D eigenvalue weighted by atomic mass is 16.7. The van der Waals surface area contributed by atoms with E-state index in [-0.39, 0.29) is 18.5 Å². The number of amides is 2. The highest BCUT2D eigenvalue weighted by Crippen LogP contribution is 1.92. The van der Waals surface area contributed by atoms with E-state index < -0.39 is 11.1 Å². The van der Waals surface area contributed by atoms with Crippen LogP contribution in [0, 0.1) is 10.1 Å². The number of carbonyl (C=O) groups excluding carboxylic acids is 1. The number of guanidine groups is 1. The van der Waals surface area contributed by atoms with E-state index in [2.05, 4.69) is 10.1 Å². The summed E-state index contributed by atoms with van der Waals surface area (Å²) < 4.78 is 0. The molecule has 0 fully saturated rings. The number of primary amides is 1. The summed E-state index contributed by atoms with van der Waals surface area (Å²) in [5, 5.41) is 12.7. The van der Waals surface area contributed by atoms with Gasteiger partial charge in [-0.3, -0.25) is 0 Å². The molecule has 0 aromatic rings. The van der Waals surface area contributed by atoms with Gasteiger partial charge >= 0.3 is 6.03 Å². The second-order valence-corrected chi connectivity index (χ2v) is 3.20. The summed E-state index contributed by atoms with van der Waals surface area (Å²) in [6.45, 7) is 0.289. The second-order valence-electron chi connectivity index (χ2n) is 3.20. The highest BCUT2D eigenvalue weighted by molar-refractivity contribution is 5.76. The molecule has 102 valence electrons. The predicted octanol–water partition coefficient (Wildman–Crippen LogP) is -2.16. The lowest BCUT2D eigenvalue weighted by Crippen LogP contribution is -2.36. The number of urea groups is 1. The number of nitrogens with two attached hydrogens (primary N) is 3. The first-order chi connectivity index (χ1) is 8.41. The molecule has 0 aliphatic carbocycles. The summed E-state index contributed by atoms with van der Waals surface area (Å²) in [7, 11) is 0.